The van der Waals surface area contributed by atoms with E-state index in [9.17, 15) is 9.90 Å². The highest BCUT2D eigenvalue weighted by molar-refractivity contribution is 6.61. The van der Waals surface area contributed by atoms with Crippen LogP contribution in [0.15, 0.2) is 72.8 Å². The fourth-order valence-corrected chi connectivity index (χ4v) is 15.3. The van der Waals surface area contributed by atoms with Gasteiger partial charge in [-0.25, -0.2) is 4.79 Å². The molecule has 7 aliphatic rings. The molecule has 7 aliphatic heterocycles. The first kappa shape index (κ1) is 82.8. The van der Waals surface area contributed by atoms with Crippen molar-refractivity contribution in [3.05, 3.63) is 80.2 Å². The van der Waals surface area contributed by atoms with Gasteiger partial charge in [0, 0.05) is 128 Å². The average molecular weight is 1430 g/mol. The van der Waals surface area contributed by atoms with Gasteiger partial charge in [-0.05, 0) is 141 Å². The maximum Gasteiger partial charge on any atom is 0.501 e. The number of nitrogens with one attached hydrogen (secondary N) is 1. The number of carbonyl (C=O) groups is 1. The van der Waals surface area contributed by atoms with Crippen LogP contribution in [0, 0.1) is 18.9 Å². The third kappa shape index (κ3) is 35.0. The third-order valence-corrected chi connectivity index (χ3v) is 21.8. The van der Waals surface area contributed by atoms with Crippen molar-refractivity contribution >= 4 is 40.8 Å². The molecular formula is C70H114N5O22Si2-. The molecule has 9 unspecified atom stereocenters. The zero-order chi connectivity index (χ0) is 69.6. The average Bonchev–Trinajstić information content (AvgIpc) is 1.57. The van der Waals surface area contributed by atoms with Crippen LogP contribution in [0.1, 0.15) is 68.2 Å². The monoisotopic (exact) mass is 1430 g/mol. The number of aliphatic hydroxyl groups excluding tert-OH is 1. The van der Waals surface area contributed by atoms with Crippen LogP contribution in [0.5, 0.6) is 17.2 Å². The van der Waals surface area contributed by atoms with Crippen molar-refractivity contribution in [2.75, 3.05) is 199 Å². The van der Waals surface area contributed by atoms with Gasteiger partial charge in [0.2, 0.25) is 0 Å². The molecule has 29 heteroatoms. The van der Waals surface area contributed by atoms with Crippen LogP contribution in [-0.4, -0.2) is 268 Å². The highest BCUT2D eigenvalue weighted by Gasteiger charge is 2.41. The summed E-state index contributed by atoms with van der Waals surface area (Å²) >= 11 is 0. The van der Waals surface area contributed by atoms with Crippen molar-refractivity contribution in [3.8, 4) is 23.5 Å². The van der Waals surface area contributed by atoms with Crippen molar-refractivity contribution in [3.63, 3.8) is 0 Å². The molecule has 3 aromatic rings. The fraction of sp³-hybridized carbons (Fsp3) is 0.700. The van der Waals surface area contributed by atoms with Crippen LogP contribution in [-0.2, 0) is 78.7 Å². The van der Waals surface area contributed by atoms with Crippen LogP contribution >= 0.6 is 0 Å². The summed E-state index contributed by atoms with van der Waals surface area (Å²) < 4.78 is 110. The van der Waals surface area contributed by atoms with E-state index >= 15 is 0 Å². The standard InChI is InChI=1S/C27H46N2O9Si.C17H25NO5.C15H19NO4.C10H21NO4Si.CH3/c1-5-31-18-26(38-27(30)28-14-9-15-39(35-6-2,36-7-3)37-8-4)21-32-23-12-10-22(11-13-23)29(16-24-19-33-24)17-25-20-34-25;1-2-20-9-14(19)10-21-15-5-3-13(4-6-15)18(7-16-11-22-16)8-17-12-23-17;1-3-12(17-9-15-10-20-15)4-2-11(1)16(5-13-7-18-13)6-14-8-19-14;1-4-13-16(14-5-2,15-6-3)9-7-8-12-10-11;/h10-13,24-26H,5-9,14-21H2,1-4H3,(H,28,30);3-6,14,16-17,19H,2,7-12H2,1H3;1-4,13-15H,5-10H2;4-9H2,1-3H3;1H3/q;;;;-1. The van der Waals surface area contributed by atoms with Crippen molar-refractivity contribution < 1.29 is 103 Å². The molecule has 7 heterocycles. The lowest BCUT2D eigenvalue weighted by Crippen LogP contribution is -2.46. The first-order valence-electron chi connectivity index (χ1n) is 35.2. The summed E-state index contributed by atoms with van der Waals surface area (Å²) in [7, 11) is -5.27. The third-order valence-electron chi connectivity index (χ3n) is 15.5. The van der Waals surface area contributed by atoms with Gasteiger partial charge in [0.25, 0.3) is 6.26 Å². The Hall–Kier alpha value is -5.19. The topological polar surface area (TPSA) is 291 Å². The maximum atomic E-state index is 12.5. The zero-order valence-electron chi connectivity index (χ0n) is 60.1. The molecule has 0 spiro atoms. The van der Waals surface area contributed by atoms with Crippen LogP contribution in [0.2, 0.25) is 12.1 Å². The molecule has 2 N–H and O–H groups in total. The second kappa shape index (κ2) is 46.4. The second-order valence-corrected chi connectivity index (χ2v) is 29.3. The van der Waals surface area contributed by atoms with E-state index in [1.807, 2.05) is 116 Å². The molecule has 27 nitrogen and oxygen atoms in total. The number of alkyl carbamates (subject to hydrolysis) is 1. The predicted octanol–water partition coefficient (Wildman–Crippen LogP) is 7.75. The molecule has 0 aromatic heterocycles. The first-order valence-corrected chi connectivity index (χ1v) is 39.1. The second-order valence-electron chi connectivity index (χ2n) is 23.9. The van der Waals surface area contributed by atoms with E-state index in [1.165, 1.54) is 5.69 Å². The van der Waals surface area contributed by atoms with Gasteiger partial charge in [-0.1, -0.05) is 0 Å². The molecule has 0 radical (unpaired) electrons. The van der Waals surface area contributed by atoms with Crippen LogP contribution < -0.4 is 34.2 Å². The normalized spacial score (nSPS) is 20.7. The van der Waals surface area contributed by atoms with Gasteiger partial charge in [0.1, 0.15) is 55.9 Å². The summed E-state index contributed by atoms with van der Waals surface area (Å²) in [6.45, 7) is 33.4. The van der Waals surface area contributed by atoms with Crippen LogP contribution in [0.3, 0.4) is 0 Å². The summed E-state index contributed by atoms with van der Waals surface area (Å²) in [5.74, 6) is 2.34. The zero-order valence-corrected chi connectivity index (χ0v) is 62.1. The summed E-state index contributed by atoms with van der Waals surface area (Å²) in [5.41, 5.74) is 3.43. The van der Waals surface area contributed by atoms with Gasteiger partial charge in [-0.2, -0.15) is 5.26 Å². The molecule has 9 atom stereocenters. The number of ether oxygens (including phenoxy) is 14. The van der Waals surface area contributed by atoms with E-state index in [0.717, 1.165) is 108 Å². The summed E-state index contributed by atoms with van der Waals surface area (Å²) in [5, 5.41) is 20.8. The van der Waals surface area contributed by atoms with Crippen molar-refractivity contribution in [2.24, 2.45) is 0 Å². The van der Waals surface area contributed by atoms with Gasteiger partial charge >= 0.3 is 23.7 Å². The summed E-state index contributed by atoms with van der Waals surface area (Å²) in [6.07, 6.45) is 3.68. The van der Waals surface area contributed by atoms with Crippen molar-refractivity contribution in [2.45, 2.75) is 135 Å². The number of hydrogen-bond donors (Lipinski definition) is 2. The minimum Gasteiger partial charge on any atom is -0.491 e. The number of rotatable bonds is 51. The number of carbonyl (C=O) groups excluding carboxylic acids is 1. The number of nitrogens with zero attached hydrogens (tertiary/aromatic N) is 4. The molecule has 1 amide bonds. The molecule has 99 heavy (non-hydrogen) atoms. The maximum absolute atomic E-state index is 12.5. The Morgan fingerprint density at radius 2 is 0.818 bits per heavy atom. The smallest absolute Gasteiger partial charge is 0.491 e. The van der Waals surface area contributed by atoms with E-state index in [1.54, 1.807) is 6.26 Å². The van der Waals surface area contributed by atoms with E-state index in [-0.39, 0.29) is 27.2 Å². The minimum absolute atomic E-state index is 0. The van der Waals surface area contributed by atoms with E-state index < -0.39 is 35.9 Å². The number of hydrogen-bond acceptors (Lipinski definition) is 26. The Morgan fingerprint density at radius 3 is 1.15 bits per heavy atom. The highest BCUT2D eigenvalue weighted by Crippen LogP contribution is 2.29. The van der Waals surface area contributed by atoms with Gasteiger partial charge in [-0.15, -0.1) is 0 Å². The Bertz CT molecular complexity index is 2560. The van der Waals surface area contributed by atoms with Gasteiger partial charge < -0.3 is 125 Å². The van der Waals surface area contributed by atoms with Crippen LogP contribution in [0.25, 0.3) is 0 Å². The lowest BCUT2D eigenvalue weighted by molar-refractivity contribution is 0.00162. The first-order chi connectivity index (χ1) is 47.9. The number of nitriles is 1. The quantitative estimate of drug-likeness (QED) is 0.0179. The Labute approximate surface area is 589 Å². The Morgan fingerprint density at radius 1 is 0.485 bits per heavy atom. The van der Waals surface area contributed by atoms with Gasteiger partial charge in [-0.3, -0.25) is 0 Å². The predicted molar refractivity (Wildman–Crippen MR) is 376 cm³/mol. The highest BCUT2D eigenvalue weighted by atomic mass is 28.4. The number of anilines is 3. The number of aliphatic hydroxyl groups is 1. The van der Waals surface area contributed by atoms with Gasteiger partial charge in [0.05, 0.1) is 96.1 Å². The molecule has 7 fully saturated rings. The van der Waals surface area contributed by atoms with Crippen molar-refractivity contribution in [1.29, 1.82) is 5.26 Å². The molecule has 7 saturated heterocycles. The molecule has 560 valence electrons. The molecular weight excluding hydrogens is 1320 g/mol. The van der Waals surface area contributed by atoms with E-state index in [4.69, 9.17) is 93.4 Å². The molecule has 10 rings (SSSR count). The molecule has 3 aromatic carbocycles. The largest absolute Gasteiger partial charge is 0.501 e. The molecule has 0 bridgehead atoms. The number of benzene rings is 3. The lowest BCUT2D eigenvalue weighted by Gasteiger charge is -2.28. The Kier molecular flexibility index (Phi) is 38.8. The van der Waals surface area contributed by atoms with Crippen LogP contribution in [0.4, 0.5) is 21.9 Å². The summed E-state index contributed by atoms with van der Waals surface area (Å²) in [4.78, 5) is 19.4. The molecule has 0 saturated carbocycles. The molecule has 0 aliphatic carbocycles. The number of amides is 1. The Balaban J connectivity index is 0.000000221. The van der Waals surface area contributed by atoms with Crippen molar-refractivity contribution in [1.82, 2.24) is 5.32 Å². The summed E-state index contributed by atoms with van der Waals surface area (Å²) in [6, 6.07) is 25.4. The van der Waals surface area contributed by atoms with Gasteiger partial charge in [0.15, 0.2) is 6.10 Å². The van der Waals surface area contributed by atoms with E-state index in [0.29, 0.717) is 153 Å². The number of epoxide rings is 7. The van der Waals surface area contributed by atoms with E-state index in [2.05, 4.69) is 36.9 Å². The fourth-order valence-electron chi connectivity index (χ4n) is 10.1. The SMILES string of the molecule is CCOCC(COc1ccc(N(CC2CO2)CC2CO2)cc1)OC(=O)NCCC[Si](OCC)(OCC)OCC.CCOCC(O)COc1ccc(N(CC2CO2)CC2CO2)cc1.CCO[Si](CCCOC#N)(OCC)OCC.[CH3-].c1cc(N(CC2CO2)CC2CO2)ccc1OCC1CO1. The minimum atomic E-state index is -2.74. The lowest BCUT2D eigenvalue weighted by atomic mass is 10.2.